The predicted octanol–water partition coefficient (Wildman–Crippen LogP) is -0.0550. The van der Waals surface area contributed by atoms with Gasteiger partial charge in [0.05, 0.1) is 0 Å². The number of rotatable bonds is 1. The Balaban J connectivity index is 0.000000249. The average Bonchev–Trinajstić information content (AvgIpc) is 2.69. The standard InChI is InChI=1S/C11H21N.ClH3O4/c1-11(7-3-2-4-8-11)12-9-5-6-10-12;2-1(3,4)5/h2-10H2,1H3;2-4H. The topological polar surface area (TPSA) is 87.0 Å². The Bertz CT molecular complexity index is 214. The number of hydrogen-bond donors (Lipinski definition) is 3. The Kier molecular flexibility index (Phi) is 5.63. The van der Waals surface area contributed by atoms with E-state index in [4.69, 9.17) is 18.6 Å². The van der Waals surface area contributed by atoms with E-state index < -0.39 is 10.2 Å². The van der Waals surface area contributed by atoms with Crippen LogP contribution in [0.3, 0.4) is 0 Å². The Morgan fingerprint density at radius 3 is 1.76 bits per heavy atom. The molecule has 0 aromatic carbocycles. The van der Waals surface area contributed by atoms with E-state index in [1.54, 1.807) is 0 Å². The van der Waals surface area contributed by atoms with Crippen molar-refractivity contribution < 1.29 is 28.9 Å². The van der Waals surface area contributed by atoms with Crippen molar-refractivity contribution in [2.45, 2.75) is 57.4 Å². The van der Waals surface area contributed by atoms with E-state index in [1.165, 1.54) is 58.0 Å². The first-order valence-electron chi connectivity index (χ1n) is 6.22. The summed E-state index contributed by atoms with van der Waals surface area (Å²) < 4.78 is 30.2. The van der Waals surface area contributed by atoms with Crippen molar-refractivity contribution in [2.24, 2.45) is 0 Å². The number of hydrogen-bond acceptors (Lipinski definition) is 5. The fourth-order valence-corrected chi connectivity index (χ4v) is 2.89. The van der Waals surface area contributed by atoms with Crippen molar-refractivity contribution in [1.29, 1.82) is 0 Å². The summed E-state index contributed by atoms with van der Waals surface area (Å²) in [6, 6.07) is 0. The van der Waals surface area contributed by atoms with Crippen LogP contribution in [-0.4, -0.2) is 37.5 Å². The van der Waals surface area contributed by atoms with E-state index in [-0.39, 0.29) is 0 Å². The zero-order valence-corrected chi connectivity index (χ0v) is 11.2. The molecule has 2 rings (SSSR count). The molecule has 0 aromatic heterocycles. The van der Waals surface area contributed by atoms with Crippen LogP contribution in [0.15, 0.2) is 0 Å². The van der Waals surface area contributed by atoms with Crippen LogP contribution in [0.25, 0.3) is 0 Å². The van der Waals surface area contributed by atoms with Crippen molar-refractivity contribution in [3.8, 4) is 0 Å². The molecule has 0 unspecified atom stereocenters. The van der Waals surface area contributed by atoms with E-state index >= 15 is 0 Å². The molecule has 0 aromatic rings. The van der Waals surface area contributed by atoms with Crippen molar-refractivity contribution in [2.75, 3.05) is 13.1 Å². The summed E-state index contributed by atoms with van der Waals surface area (Å²) in [5, 5.41) is 0. The van der Waals surface area contributed by atoms with Gasteiger partial charge in [-0.15, -0.1) is 0 Å². The maximum absolute atomic E-state index is 8.83. The molecule has 3 N–H and O–H groups in total. The molecule has 0 amide bonds. The van der Waals surface area contributed by atoms with Crippen molar-refractivity contribution >= 4 is 0 Å². The van der Waals surface area contributed by atoms with E-state index in [9.17, 15) is 0 Å². The van der Waals surface area contributed by atoms with E-state index in [1.807, 2.05) is 0 Å². The first-order valence-corrected chi connectivity index (χ1v) is 7.55. The molecule has 5 nitrogen and oxygen atoms in total. The normalized spacial score (nSPS) is 26.2. The number of nitrogens with zero attached hydrogens (tertiary/aromatic N) is 1. The monoisotopic (exact) mass is 269 g/mol. The van der Waals surface area contributed by atoms with Crippen LogP contribution in [0.2, 0.25) is 0 Å². The summed E-state index contributed by atoms with van der Waals surface area (Å²) in [5.74, 6) is 0. The molecule has 1 saturated carbocycles. The van der Waals surface area contributed by atoms with Gasteiger partial charge in [-0.05, 0) is 45.7 Å². The molecule has 1 heterocycles. The molecule has 0 bridgehead atoms. The van der Waals surface area contributed by atoms with Gasteiger partial charge in [-0.1, -0.05) is 19.3 Å². The van der Waals surface area contributed by atoms with Crippen molar-refractivity contribution in [1.82, 2.24) is 4.90 Å². The predicted molar refractivity (Wildman–Crippen MR) is 59.0 cm³/mol. The second-order valence-corrected chi connectivity index (χ2v) is 6.05. The molecule has 1 saturated heterocycles. The summed E-state index contributed by atoms with van der Waals surface area (Å²) in [4.78, 5) is 2.74. The first kappa shape index (κ1) is 15.1. The summed E-state index contributed by atoms with van der Waals surface area (Å²) in [5.41, 5.74) is 0.592. The number of halogens is 1. The van der Waals surface area contributed by atoms with Gasteiger partial charge in [-0.3, -0.25) is 4.90 Å². The number of likely N-dealkylation sites (tertiary alicyclic amines) is 1. The Morgan fingerprint density at radius 1 is 0.941 bits per heavy atom. The third-order valence-corrected chi connectivity index (χ3v) is 3.80. The van der Waals surface area contributed by atoms with Crippen molar-refractivity contribution in [3.63, 3.8) is 0 Å². The Hall–Kier alpha value is 0.0900. The third kappa shape index (κ3) is 5.99. The van der Waals surface area contributed by atoms with Gasteiger partial charge in [0, 0.05) is 5.54 Å². The quantitative estimate of drug-likeness (QED) is 0.621. The molecule has 104 valence electrons. The summed E-state index contributed by atoms with van der Waals surface area (Å²) >= 11 is 0. The zero-order chi connectivity index (χ0) is 12.9. The van der Waals surface area contributed by atoms with Crippen molar-refractivity contribution in [3.05, 3.63) is 0 Å². The van der Waals surface area contributed by atoms with E-state index in [2.05, 4.69) is 11.8 Å². The van der Waals surface area contributed by atoms with Gasteiger partial charge in [0.15, 0.2) is 0 Å². The van der Waals surface area contributed by atoms with E-state index in [0.29, 0.717) is 5.54 Å². The molecule has 0 spiro atoms. The second kappa shape index (κ2) is 6.31. The molecule has 0 atom stereocenters. The molecule has 2 fully saturated rings. The molecule has 2 aliphatic rings. The minimum atomic E-state index is -4.19. The molecular weight excluding hydrogens is 246 g/mol. The van der Waals surface area contributed by atoms with Crippen LogP contribution in [0.5, 0.6) is 0 Å². The fraction of sp³-hybridized carbons (Fsp3) is 1.00. The van der Waals surface area contributed by atoms with Crippen LogP contribution in [0.4, 0.5) is 0 Å². The summed E-state index contributed by atoms with van der Waals surface area (Å²) in [6.07, 6.45) is 10.2. The van der Waals surface area contributed by atoms with Crippen LogP contribution in [0, 0.1) is 10.2 Å². The summed E-state index contributed by atoms with van der Waals surface area (Å²) in [7, 11) is -4.19. The van der Waals surface area contributed by atoms with E-state index in [0.717, 1.165) is 0 Å². The Labute approximate surface area is 105 Å². The summed E-state index contributed by atoms with van der Waals surface area (Å²) in [6.45, 7) is 5.23. The average molecular weight is 270 g/mol. The van der Waals surface area contributed by atoms with Crippen LogP contribution in [0.1, 0.15) is 51.9 Å². The van der Waals surface area contributed by atoms with Gasteiger partial charge in [0.2, 0.25) is 0 Å². The molecule has 1 aliphatic heterocycles. The van der Waals surface area contributed by atoms with Crippen LogP contribution >= 0.6 is 0 Å². The van der Waals surface area contributed by atoms with Gasteiger partial charge in [0.1, 0.15) is 0 Å². The molecular formula is C11H24ClNO4. The maximum atomic E-state index is 8.83. The van der Waals surface area contributed by atoms with Crippen LogP contribution < -0.4 is 4.66 Å². The second-order valence-electron chi connectivity index (χ2n) is 5.19. The van der Waals surface area contributed by atoms with Gasteiger partial charge in [-0.2, -0.15) is 0 Å². The van der Waals surface area contributed by atoms with Gasteiger partial charge in [0.25, 0.3) is 0 Å². The molecule has 1 aliphatic carbocycles. The van der Waals surface area contributed by atoms with Gasteiger partial charge in [-0.25, -0.2) is 0 Å². The van der Waals surface area contributed by atoms with Gasteiger partial charge >= 0.3 is 28.9 Å². The molecule has 6 heteroatoms. The Morgan fingerprint density at radius 2 is 1.35 bits per heavy atom. The molecule has 17 heavy (non-hydrogen) atoms. The third-order valence-electron chi connectivity index (χ3n) is 3.80. The van der Waals surface area contributed by atoms with Crippen LogP contribution in [-0.2, 0) is 0 Å². The first-order chi connectivity index (χ1) is 7.81. The zero-order valence-electron chi connectivity index (χ0n) is 10.4. The SMILES string of the molecule is CC1(N2CCCC2)CCCCC1.[O-][Cl+](O)(O)O. The van der Waals surface area contributed by atoms with Gasteiger partial charge < -0.3 is 0 Å². The minimum absolute atomic E-state index is 0.592. The molecule has 0 radical (unpaired) electrons. The fourth-order valence-electron chi connectivity index (χ4n) is 2.89.